The van der Waals surface area contributed by atoms with E-state index < -0.39 is 18.0 Å². The van der Waals surface area contributed by atoms with E-state index in [2.05, 4.69) is 20.9 Å². The highest BCUT2D eigenvalue weighted by atomic mass is 16.5. The number of carboxylic acids is 1. The predicted octanol–water partition coefficient (Wildman–Crippen LogP) is 2.71. The predicted molar refractivity (Wildman–Crippen MR) is 139 cm³/mol. The molecule has 0 bridgehead atoms. The minimum Gasteiger partial charge on any atom is -0.494 e. The quantitative estimate of drug-likeness (QED) is 0.181. The average Bonchev–Trinajstić information content (AvgIpc) is 3.40. The molecule has 1 atom stereocenters. The van der Waals surface area contributed by atoms with Crippen LogP contribution in [0.25, 0.3) is 6.08 Å². The van der Waals surface area contributed by atoms with Gasteiger partial charge in [0.15, 0.2) is 6.17 Å². The summed E-state index contributed by atoms with van der Waals surface area (Å²) in [4.78, 5) is 38.4. The van der Waals surface area contributed by atoms with Crippen LogP contribution in [-0.2, 0) is 14.4 Å². The Morgan fingerprint density at radius 1 is 1.03 bits per heavy atom. The van der Waals surface area contributed by atoms with Crippen molar-refractivity contribution < 1.29 is 24.2 Å². The number of carboxylic acid groups (broad SMARTS) is 1. The zero-order valence-electron chi connectivity index (χ0n) is 20.3. The van der Waals surface area contributed by atoms with Crippen LogP contribution in [0, 0.1) is 0 Å². The highest BCUT2D eigenvalue weighted by Crippen LogP contribution is 2.17. The summed E-state index contributed by atoms with van der Waals surface area (Å²) in [7, 11) is 0. The van der Waals surface area contributed by atoms with Gasteiger partial charge in [0, 0.05) is 31.3 Å². The van der Waals surface area contributed by atoms with Crippen molar-refractivity contribution in [3.63, 3.8) is 0 Å². The van der Waals surface area contributed by atoms with E-state index in [1.807, 2.05) is 30.3 Å². The van der Waals surface area contributed by atoms with Gasteiger partial charge in [-0.1, -0.05) is 30.3 Å². The molecular formula is C27H34N4O5. The fraction of sp³-hybridized carbons (Fsp3) is 0.370. The van der Waals surface area contributed by atoms with E-state index in [0.29, 0.717) is 31.0 Å². The number of likely N-dealkylation sites (tertiary alicyclic amines) is 1. The molecule has 1 fully saturated rings. The number of nitrogens with zero attached hydrogens (tertiary/aromatic N) is 1. The molecule has 2 amide bonds. The normalized spacial score (nSPS) is 14.3. The van der Waals surface area contributed by atoms with Crippen LogP contribution in [0.15, 0.2) is 60.7 Å². The van der Waals surface area contributed by atoms with Gasteiger partial charge in [-0.2, -0.15) is 0 Å². The number of hydrogen-bond acceptors (Lipinski definition) is 6. The Hall–Kier alpha value is -3.85. The second kappa shape index (κ2) is 14.5. The second-order valence-electron chi connectivity index (χ2n) is 8.54. The third kappa shape index (κ3) is 9.79. The van der Waals surface area contributed by atoms with Crippen molar-refractivity contribution >= 4 is 29.5 Å². The maximum Gasteiger partial charge on any atom is 0.303 e. The van der Waals surface area contributed by atoms with Gasteiger partial charge in [-0.05, 0) is 68.3 Å². The zero-order chi connectivity index (χ0) is 25.6. The number of ether oxygens (including phenoxy) is 1. The molecule has 1 unspecified atom stereocenters. The standard InChI is InChI=1S/C27H34N4O5/c32-24(15-10-21-7-2-1-3-8-21)30-26(27(35)28-16-19-31-17-4-5-18-31)29-22-11-13-23(14-12-22)36-20-6-9-25(33)34/h1-3,7-8,10-15,26,29H,4-6,9,16-20H2,(H,28,35)(H,30,32)(H,33,34)/b15-10+. The molecule has 2 aromatic carbocycles. The summed E-state index contributed by atoms with van der Waals surface area (Å²) in [5.41, 5.74) is 1.51. The molecule has 0 aliphatic carbocycles. The van der Waals surface area contributed by atoms with E-state index in [1.165, 1.54) is 18.9 Å². The second-order valence-corrected chi connectivity index (χ2v) is 8.54. The van der Waals surface area contributed by atoms with Crippen LogP contribution >= 0.6 is 0 Å². The van der Waals surface area contributed by atoms with Gasteiger partial charge in [0.1, 0.15) is 5.75 Å². The molecule has 36 heavy (non-hydrogen) atoms. The molecule has 1 saturated heterocycles. The van der Waals surface area contributed by atoms with Gasteiger partial charge in [-0.3, -0.25) is 14.4 Å². The summed E-state index contributed by atoms with van der Waals surface area (Å²) in [5.74, 6) is -0.995. The first kappa shape index (κ1) is 26.7. The lowest BCUT2D eigenvalue weighted by atomic mass is 10.2. The minimum absolute atomic E-state index is 0.0482. The number of hydrogen-bond donors (Lipinski definition) is 4. The van der Waals surface area contributed by atoms with Crippen LogP contribution in [-0.4, -0.2) is 66.7 Å². The monoisotopic (exact) mass is 494 g/mol. The fourth-order valence-corrected chi connectivity index (χ4v) is 3.77. The van der Waals surface area contributed by atoms with E-state index in [9.17, 15) is 14.4 Å². The van der Waals surface area contributed by atoms with Crippen molar-refractivity contribution in [3.05, 3.63) is 66.2 Å². The van der Waals surface area contributed by atoms with E-state index in [1.54, 1.807) is 30.3 Å². The number of benzene rings is 2. The SMILES string of the molecule is O=C(O)CCCOc1ccc(NC(NC(=O)/C=C/c2ccccc2)C(=O)NCCN2CCCC2)cc1. The first-order valence-electron chi connectivity index (χ1n) is 12.2. The molecule has 0 spiro atoms. The molecule has 9 nitrogen and oxygen atoms in total. The lowest BCUT2D eigenvalue weighted by molar-refractivity contribution is -0.137. The third-order valence-corrected chi connectivity index (χ3v) is 5.67. The van der Waals surface area contributed by atoms with Crippen LogP contribution in [0.4, 0.5) is 5.69 Å². The number of amides is 2. The Balaban J connectivity index is 1.57. The van der Waals surface area contributed by atoms with Gasteiger partial charge < -0.3 is 30.7 Å². The van der Waals surface area contributed by atoms with E-state index in [-0.39, 0.29) is 12.3 Å². The Kier molecular flexibility index (Phi) is 10.8. The molecule has 9 heteroatoms. The topological polar surface area (TPSA) is 120 Å². The maximum absolute atomic E-state index is 12.9. The smallest absolute Gasteiger partial charge is 0.303 e. The van der Waals surface area contributed by atoms with Crippen molar-refractivity contribution in [2.75, 3.05) is 38.1 Å². The molecule has 192 valence electrons. The van der Waals surface area contributed by atoms with Crippen LogP contribution < -0.4 is 20.7 Å². The van der Waals surface area contributed by atoms with E-state index in [4.69, 9.17) is 9.84 Å². The minimum atomic E-state index is -0.973. The van der Waals surface area contributed by atoms with E-state index in [0.717, 1.165) is 25.2 Å². The number of carbonyl (C=O) groups is 3. The molecule has 1 aliphatic rings. The first-order valence-corrected chi connectivity index (χ1v) is 12.2. The molecule has 1 aliphatic heterocycles. The lowest BCUT2D eigenvalue weighted by Gasteiger charge is -2.21. The summed E-state index contributed by atoms with van der Waals surface area (Å²) in [6.45, 7) is 3.65. The molecule has 4 N–H and O–H groups in total. The van der Waals surface area contributed by atoms with Crippen LogP contribution in [0.2, 0.25) is 0 Å². The third-order valence-electron chi connectivity index (χ3n) is 5.67. The number of aliphatic carboxylic acids is 1. The highest BCUT2D eigenvalue weighted by molar-refractivity contribution is 5.96. The highest BCUT2D eigenvalue weighted by Gasteiger charge is 2.20. The Bertz CT molecular complexity index is 1000. The van der Waals surface area contributed by atoms with E-state index >= 15 is 0 Å². The van der Waals surface area contributed by atoms with Gasteiger partial charge in [0.05, 0.1) is 6.61 Å². The van der Waals surface area contributed by atoms with Crippen molar-refractivity contribution in [3.8, 4) is 5.75 Å². The molecule has 0 radical (unpaired) electrons. The number of carbonyl (C=O) groups excluding carboxylic acids is 2. The van der Waals surface area contributed by atoms with Gasteiger partial charge >= 0.3 is 5.97 Å². The fourth-order valence-electron chi connectivity index (χ4n) is 3.77. The zero-order valence-corrected chi connectivity index (χ0v) is 20.3. The van der Waals surface area contributed by atoms with Crippen LogP contribution in [0.3, 0.4) is 0 Å². The molecular weight excluding hydrogens is 460 g/mol. The van der Waals surface area contributed by atoms with Crippen molar-refractivity contribution in [2.45, 2.75) is 31.8 Å². The van der Waals surface area contributed by atoms with Gasteiger partial charge in [-0.15, -0.1) is 0 Å². The summed E-state index contributed by atoms with van der Waals surface area (Å²) in [6.07, 6.45) is 4.94. The Labute approximate surface area is 211 Å². The summed E-state index contributed by atoms with van der Waals surface area (Å²) < 4.78 is 5.55. The molecule has 0 saturated carbocycles. The van der Waals surface area contributed by atoms with Crippen LogP contribution in [0.1, 0.15) is 31.2 Å². The number of rotatable bonds is 14. The Morgan fingerprint density at radius 2 is 1.75 bits per heavy atom. The molecule has 3 rings (SSSR count). The molecule has 2 aromatic rings. The number of nitrogens with one attached hydrogen (secondary N) is 3. The molecule has 1 heterocycles. The Morgan fingerprint density at radius 3 is 2.44 bits per heavy atom. The summed E-state index contributed by atoms with van der Waals surface area (Å²) in [5, 5.41) is 17.4. The van der Waals surface area contributed by atoms with Gasteiger partial charge in [0.2, 0.25) is 5.91 Å². The summed E-state index contributed by atoms with van der Waals surface area (Å²) in [6, 6.07) is 16.4. The van der Waals surface area contributed by atoms with Crippen molar-refractivity contribution in [2.24, 2.45) is 0 Å². The van der Waals surface area contributed by atoms with Crippen molar-refractivity contribution in [1.82, 2.24) is 15.5 Å². The number of anilines is 1. The largest absolute Gasteiger partial charge is 0.494 e. The summed E-state index contributed by atoms with van der Waals surface area (Å²) >= 11 is 0. The maximum atomic E-state index is 12.9. The van der Waals surface area contributed by atoms with Crippen LogP contribution in [0.5, 0.6) is 5.75 Å². The average molecular weight is 495 g/mol. The van der Waals surface area contributed by atoms with Gasteiger partial charge in [0.25, 0.3) is 5.91 Å². The van der Waals surface area contributed by atoms with Crippen molar-refractivity contribution in [1.29, 1.82) is 0 Å². The van der Waals surface area contributed by atoms with Gasteiger partial charge in [-0.25, -0.2) is 0 Å². The molecule has 0 aromatic heterocycles. The lowest BCUT2D eigenvalue weighted by Crippen LogP contribution is -2.52. The first-order chi connectivity index (χ1) is 17.5.